The fourth-order valence-electron chi connectivity index (χ4n) is 2.47. The van der Waals surface area contributed by atoms with E-state index in [-0.39, 0.29) is 11.6 Å². The number of alkyl halides is 3. The van der Waals surface area contributed by atoms with Crippen molar-refractivity contribution in [3.63, 3.8) is 0 Å². The molecule has 5 nitrogen and oxygen atoms in total. The number of carbonyl (C=O) groups excluding carboxylic acids is 1. The summed E-state index contributed by atoms with van der Waals surface area (Å²) in [5, 5.41) is 11.5. The molecule has 1 aromatic heterocycles. The number of amides is 1. The fraction of sp³-hybridized carbons (Fsp3) is 0.500. The first kappa shape index (κ1) is 16.3. The first-order valence-electron chi connectivity index (χ1n) is 6.83. The number of carbonyl (C=O) groups is 2. The molecule has 1 heterocycles. The van der Waals surface area contributed by atoms with Crippen molar-refractivity contribution in [2.75, 3.05) is 0 Å². The Hall–Kier alpha value is -2.12. The van der Waals surface area contributed by atoms with Gasteiger partial charge in [0.25, 0.3) is 5.91 Å². The van der Waals surface area contributed by atoms with Gasteiger partial charge in [-0.15, -0.1) is 0 Å². The van der Waals surface area contributed by atoms with Gasteiger partial charge in [-0.05, 0) is 31.7 Å². The maximum atomic E-state index is 12.6. The Kier molecular flexibility index (Phi) is 4.68. The summed E-state index contributed by atoms with van der Waals surface area (Å²) in [5.74, 6) is -1.90. The molecule has 0 aromatic carbocycles. The van der Waals surface area contributed by atoms with Crippen LogP contribution in [0.15, 0.2) is 18.5 Å². The van der Waals surface area contributed by atoms with Gasteiger partial charge >= 0.3 is 12.1 Å². The number of rotatable bonds is 3. The van der Waals surface area contributed by atoms with Gasteiger partial charge in [0.15, 0.2) is 0 Å². The molecule has 120 valence electrons. The number of aliphatic carboxylic acids is 1. The highest BCUT2D eigenvalue weighted by Gasteiger charge is 2.32. The van der Waals surface area contributed by atoms with Gasteiger partial charge in [-0.2, -0.15) is 13.2 Å². The molecule has 0 atom stereocenters. The Morgan fingerprint density at radius 2 is 1.82 bits per heavy atom. The third-order valence-corrected chi connectivity index (χ3v) is 3.74. The van der Waals surface area contributed by atoms with Crippen molar-refractivity contribution in [1.82, 2.24) is 10.3 Å². The Bertz CT molecular complexity index is 567. The normalized spacial score (nSPS) is 22.1. The Balaban J connectivity index is 1.97. The largest absolute Gasteiger partial charge is 0.481 e. The lowest BCUT2D eigenvalue weighted by Crippen LogP contribution is -2.38. The predicted molar refractivity (Wildman–Crippen MR) is 70.1 cm³/mol. The van der Waals surface area contributed by atoms with Crippen LogP contribution in [0, 0.1) is 5.92 Å². The molecule has 1 amide bonds. The average Bonchev–Trinajstić information content (AvgIpc) is 2.47. The summed E-state index contributed by atoms with van der Waals surface area (Å²) < 4.78 is 37.7. The van der Waals surface area contributed by atoms with Crippen LogP contribution in [0.3, 0.4) is 0 Å². The molecule has 0 spiro atoms. The van der Waals surface area contributed by atoms with E-state index in [4.69, 9.17) is 5.11 Å². The fourth-order valence-corrected chi connectivity index (χ4v) is 2.47. The van der Waals surface area contributed by atoms with Crippen LogP contribution < -0.4 is 5.32 Å². The lowest BCUT2D eigenvalue weighted by molar-refractivity contribution is -0.143. The van der Waals surface area contributed by atoms with E-state index in [1.54, 1.807) is 0 Å². The van der Waals surface area contributed by atoms with Crippen molar-refractivity contribution < 1.29 is 27.9 Å². The van der Waals surface area contributed by atoms with Crippen molar-refractivity contribution >= 4 is 11.9 Å². The van der Waals surface area contributed by atoms with Gasteiger partial charge < -0.3 is 10.4 Å². The van der Waals surface area contributed by atoms with Crippen LogP contribution in [0.2, 0.25) is 0 Å². The third kappa shape index (κ3) is 3.96. The molecule has 1 saturated carbocycles. The molecule has 2 N–H and O–H groups in total. The van der Waals surface area contributed by atoms with E-state index in [1.165, 1.54) is 0 Å². The molecule has 1 aromatic rings. The molecule has 22 heavy (non-hydrogen) atoms. The van der Waals surface area contributed by atoms with Crippen LogP contribution in [0.1, 0.15) is 41.6 Å². The molecule has 0 aliphatic heterocycles. The van der Waals surface area contributed by atoms with E-state index in [2.05, 4.69) is 10.3 Å². The first-order chi connectivity index (χ1) is 10.3. The Morgan fingerprint density at radius 3 is 2.36 bits per heavy atom. The molecule has 0 unspecified atom stereocenters. The van der Waals surface area contributed by atoms with Crippen molar-refractivity contribution in [2.45, 2.75) is 37.9 Å². The number of nitrogens with zero attached hydrogens (tertiary/aromatic N) is 1. The summed E-state index contributed by atoms with van der Waals surface area (Å²) in [7, 11) is 0. The molecular weight excluding hydrogens is 301 g/mol. The van der Waals surface area contributed by atoms with Gasteiger partial charge in [-0.1, -0.05) is 0 Å². The third-order valence-electron chi connectivity index (χ3n) is 3.74. The summed E-state index contributed by atoms with van der Waals surface area (Å²) in [6.45, 7) is 0. The molecule has 2 rings (SSSR count). The second-order valence-corrected chi connectivity index (χ2v) is 5.32. The number of aromatic nitrogens is 1. The number of nitrogens with one attached hydrogen (secondary N) is 1. The highest BCUT2D eigenvalue weighted by Crippen LogP contribution is 2.29. The van der Waals surface area contributed by atoms with E-state index in [1.807, 2.05) is 0 Å². The van der Waals surface area contributed by atoms with Crippen molar-refractivity contribution in [2.24, 2.45) is 5.92 Å². The van der Waals surface area contributed by atoms with Crippen LogP contribution in [0.4, 0.5) is 13.2 Å². The molecular formula is C14H15F3N2O3. The van der Waals surface area contributed by atoms with Gasteiger partial charge in [0.05, 0.1) is 17.0 Å². The Labute approximate surface area is 124 Å². The number of pyridine rings is 1. The van der Waals surface area contributed by atoms with Crippen molar-refractivity contribution in [3.05, 3.63) is 29.6 Å². The molecule has 8 heteroatoms. The van der Waals surface area contributed by atoms with Gasteiger partial charge in [0, 0.05) is 18.4 Å². The minimum atomic E-state index is -4.55. The minimum Gasteiger partial charge on any atom is -0.481 e. The van der Waals surface area contributed by atoms with Crippen LogP contribution in [-0.2, 0) is 11.0 Å². The lowest BCUT2D eigenvalue weighted by atomic mass is 9.86. The van der Waals surface area contributed by atoms with Crippen LogP contribution >= 0.6 is 0 Å². The zero-order valence-corrected chi connectivity index (χ0v) is 11.6. The van der Waals surface area contributed by atoms with E-state index in [0.717, 1.165) is 12.3 Å². The maximum Gasteiger partial charge on any atom is 0.417 e. The number of hydrogen-bond acceptors (Lipinski definition) is 3. The second kappa shape index (κ2) is 6.33. The van der Waals surface area contributed by atoms with E-state index < -0.39 is 29.5 Å². The van der Waals surface area contributed by atoms with Crippen molar-refractivity contribution in [3.8, 4) is 0 Å². The molecule has 1 aliphatic rings. The van der Waals surface area contributed by atoms with Crippen molar-refractivity contribution in [1.29, 1.82) is 0 Å². The molecule has 0 radical (unpaired) electrons. The second-order valence-electron chi connectivity index (χ2n) is 5.32. The van der Waals surface area contributed by atoms with Crippen LogP contribution in [-0.4, -0.2) is 28.0 Å². The van der Waals surface area contributed by atoms with Gasteiger partial charge in [-0.25, -0.2) is 0 Å². The standard InChI is InChI=1S/C14H15F3N2O3/c15-14(16,17)10-5-9(6-18-7-10)12(20)19-11-3-1-8(2-4-11)13(21)22/h5-8,11H,1-4H2,(H,19,20)(H,21,22). The van der Waals surface area contributed by atoms with E-state index in [9.17, 15) is 22.8 Å². The summed E-state index contributed by atoms with van der Waals surface area (Å²) in [6.07, 6.45) is -0.933. The maximum absolute atomic E-state index is 12.6. The summed E-state index contributed by atoms with van der Waals surface area (Å²) in [5.41, 5.74) is -1.13. The molecule has 0 bridgehead atoms. The van der Waals surface area contributed by atoms with Gasteiger partial charge in [0.2, 0.25) is 0 Å². The zero-order chi connectivity index (χ0) is 16.3. The number of halogens is 3. The number of carboxylic acids is 1. The van der Waals surface area contributed by atoms with E-state index in [0.29, 0.717) is 31.9 Å². The topological polar surface area (TPSA) is 79.3 Å². The average molecular weight is 316 g/mol. The predicted octanol–water partition coefficient (Wildman–Crippen LogP) is 2.47. The number of hydrogen-bond donors (Lipinski definition) is 2. The summed E-state index contributed by atoms with van der Waals surface area (Å²) >= 11 is 0. The van der Waals surface area contributed by atoms with Gasteiger partial charge in [0.1, 0.15) is 0 Å². The van der Waals surface area contributed by atoms with Crippen LogP contribution in [0.25, 0.3) is 0 Å². The van der Waals surface area contributed by atoms with Crippen LogP contribution in [0.5, 0.6) is 0 Å². The summed E-state index contributed by atoms with van der Waals surface area (Å²) in [4.78, 5) is 26.2. The Morgan fingerprint density at radius 1 is 1.18 bits per heavy atom. The van der Waals surface area contributed by atoms with E-state index >= 15 is 0 Å². The monoisotopic (exact) mass is 316 g/mol. The first-order valence-corrected chi connectivity index (χ1v) is 6.83. The smallest absolute Gasteiger partial charge is 0.417 e. The number of carboxylic acid groups (broad SMARTS) is 1. The highest BCUT2D eigenvalue weighted by atomic mass is 19.4. The zero-order valence-electron chi connectivity index (χ0n) is 11.6. The summed E-state index contributed by atoms with van der Waals surface area (Å²) in [6, 6.07) is 0.531. The highest BCUT2D eigenvalue weighted by molar-refractivity contribution is 5.94. The minimum absolute atomic E-state index is 0.157. The quantitative estimate of drug-likeness (QED) is 0.898. The van der Waals surface area contributed by atoms with Gasteiger partial charge in [-0.3, -0.25) is 14.6 Å². The lowest BCUT2D eigenvalue weighted by Gasteiger charge is -2.26. The molecule has 1 fully saturated rings. The SMILES string of the molecule is O=C(NC1CCC(C(=O)O)CC1)c1cncc(C(F)(F)F)c1. The molecule has 0 saturated heterocycles. The molecule has 1 aliphatic carbocycles.